The minimum absolute atomic E-state index is 0.00227. The molecule has 5 nitrogen and oxygen atoms in total. The topological polar surface area (TPSA) is 61.8 Å². The molecule has 0 bridgehead atoms. The van der Waals surface area contributed by atoms with Gasteiger partial charge in [-0.1, -0.05) is 48.5 Å². The average molecular weight is 400 g/mol. The maximum atomic E-state index is 12.7. The van der Waals surface area contributed by atoms with Gasteiger partial charge in [0.1, 0.15) is 17.9 Å². The van der Waals surface area contributed by atoms with Gasteiger partial charge in [-0.15, -0.1) is 0 Å². The summed E-state index contributed by atoms with van der Waals surface area (Å²) in [5.41, 5.74) is 4.97. The molecule has 5 heteroatoms. The van der Waals surface area contributed by atoms with Gasteiger partial charge >= 0.3 is 5.97 Å². The van der Waals surface area contributed by atoms with Gasteiger partial charge in [-0.3, -0.25) is 4.79 Å². The molecule has 4 rings (SSSR count). The fourth-order valence-electron chi connectivity index (χ4n) is 3.62. The molecular weight excluding hydrogens is 380 g/mol. The summed E-state index contributed by atoms with van der Waals surface area (Å²) in [5, 5.41) is 0. The minimum atomic E-state index is -0.495. The van der Waals surface area contributed by atoms with Gasteiger partial charge in [-0.25, -0.2) is 4.79 Å². The zero-order valence-electron chi connectivity index (χ0n) is 16.7. The monoisotopic (exact) mass is 400 g/mol. The Bertz CT molecular complexity index is 1160. The Morgan fingerprint density at radius 2 is 1.57 bits per heavy atom. The highest BCUT2D eigenvalue weighted by Crippen LogP contribution is 2.38. The Hall–Kier alpha value is -3.86. The van der Waals surface area contributed by atoms with Gasteiger partial charge in [0.05, 0.1) is 20.5 Å². The molecule has 0 saturated heterocycles. The number of fused-ring (bicyclic) bond motifs is 3. The van der Waals surface area contributed by atoms with Crippen LogP contribution in [-0.2, 0) is 20.9 Å². The largest absolute Gasteiger partial charge is 0.503 e. The third-order valence-corrected chi connectivity index (χ3v) is 5.04. The van der Waals surface area contributed by atoms with E-state index >= 15 is 0 Å². The van der Waals surface area contributed by atoms with Crippen LogP contribution in [0.2, 0.25) is 0 Å². The second kappa shape index (κ2) is 8.25. The number of hydrogen-bond donors (Lipinski definition) is 0. The maximum absolute atomic E-state index is 12.7. The van der Waals surface area contributed by atoms with E-state index < -0.39 is 5.97 Å². The van der Waals surface area contributed by atoms with Gasteiger partial charge in [-0.2, -0.15) is 0 Å². The third kappa shape index (κ3) is 3.46. The minimum Gasteiger partial charge on any atom is -0.503 e. The van der Waals surface area contributed by atoms with E-state index in [0.717, 1.165) is 16.7 Å². The molecule has 3 aromatic carbocycles. The van der Waals surface area contributed by atoms with Crippen molar-refractivity contribution >= 4 is 17.3 Å². The van der Waals surface area contributed by atoms with E-state index in [1.165, 1.54) is 20.5 Å². The summed E-state index contributed by atoms with van der Waals surface area (Å²) >= 11 is 0. The van der Waals surface area contributed by atoms with Gasteiger partial charge in [0.2, 0.25) is 0 Å². The van der Waals surface area contributed by atoms with Gasteiger partial charge in [-0.05, 0) is 40.5 Å². The van der Waals surface area contributed by atoms with Gasteiger partial charge in [0, 0.05) is 11.1 Å². The number of hydrogen-bond acceptors (Lipinski definition) is 5. The fraction of sp³-hybridized carbons (Fsp3) is 0.120. The van der Waals surface area contributed by atoms with E-state index in [4.69, 9.17) is 14.2 Å². The van der Waals surface area contributed by atoms with Crippen molar-refractivity contribution in [2.45, 2.75) is 6.61 Å². The van der Waals surface area contributed by atoms with Crippen LogP contribution in [0.25, 0.3) is 16.7 Å². The normalized spacial score (nSPS) is 12.2. The summed E-state index contributed by atoms with van der Waals surface area (Å²) in [4.78, 5) is 24.9. The van der Waals surface area contributed by atoms with Gasteiger partial charge < -0.3 is 14.2 Å². The first-order valence-corrected chi connectivity index (χ1v) is 9.44. The Balaban J connectivity index is 1.60. The van der Waals surface area contributed by atoms with Crippen LogP contribution < -0.4 is 4.74 Å². The van der Waals surface area contributed by atoms with Crippen LogP contribution in [0.5, 0.6) is 5.75 Å². The molecule has 0 unspecified atom stereocenters. The highest BCUT2D eigenvalue weighted by atomic mass is 16.5. The molecule has 150 valence electrons. The highest BCUT2D eigenvalue weighted by Gasteiger charge is 2.26. The summed E-state index contributed by atoms with van der Waals surface area (Å²) in [6.45, 7) is 0.216. The fourth-order valence-corrected chi connectivity index (χ4v) is 3.62. The Kier molecular flexibility index (Phi) is 5.35. The van der Waals surface area contributed by atoms with Crippen molar-refractivity contribution in [3.05, 3.63) is 95.2 Å². The molecule has 0 aliphatic heterocycles. The van der Waals surface area contributed by atoms with E-state index in [1.54, 1.807) is 6.07 Å². The number of rotatable bonds is 6. The zero-order chi connectivity index (χ0) is 21.1. The van der Waals surface area contributed by atoms with Crippen molar-refractivity contribution in [3.8, 4) is 16.9 Å². The standard InChI is InChI=1S/C25H20O5/c1-28-15-23(25(27)29-2)18-8-4-3-7-16(18)14-30-17-11-12-20-19-9-5-6-10-21(19)24(26)22(20)13-17/h3-13,15H,14H2,1-2H3/b23-15+. The first-order valence-electron chi connectivity index (χ1n) is 9.44. The first-order chi connectivity index (χ1) is 14.6. The van der Waals surface area contributed by atoms with Crippen LogP contribution in [0, 0.1) is 0 Å². The zero-order valence-corrected chi connectivity index (χ0v) is 16.7. The molecule has 0 saturated carbocycles. The van der Waals surface area contributed by atoms with Crippen LogP contribution in [-0.4, -0.2) is 26.0 Å². The van der Waals surface area contributed by atoms with Crippen LogP contribution in [0.3, 0.4) is 0 Å². The first kappa shape index (κ1) is 19.5. The van der Waals surface area contributed by atoms with Crippen LogP contribution in [0.15, 0.2) is 73.0 Å². The number of carbonyl (C=O) groups excluding carboxylic acids is 2. The summed E-state index contributed by atoms with van der Waals surface area (Å²) < 4.78 is 15.9. The lowest BCUT2D eigenvalue weighted by molar-refractivity contribution is -0.133. The second-order valence-electron chi connectivity index (χ2n) is 6.79. The van der Waals surface area contributed by atoms with Gasteiger partial charge in [0.25, 0.3) is 0 Å². The lowest BCUT2D eigenvalue weighted by Gasteiger charge is -2.13. The summed E-state index contributed by atoms with van der Waals surface area (Å²) in [7, 11) is 2.80. The van der Waals surface area contributed by atoms with Crippen molar-refractivity contribution in [1.82, 2.24) is 0 Å². The molecule has 1 aliphatic carbocycles. The molecule has 0 amide bonds. The Morgan fingerprint density at radius 1 is 0.867 bits per heavy atom. The molecule has 0 heterocycles. The number of ether oxygens (including phenoxy) is 3. The van der Waals surface area contributed by atoms with Crippen molar-refractivity contribution < 1.29 is 23.8 Å². The smallest absolute Gasteiger partial charge is 0.341 e. The predicted molar refractivity (Wildman–Crippen MR) is 113 cm³/mol. The molecule has 1 aliphatic rings. The van der Waals surface area contributed by atoms with Crippen LogP contribution in [0.1, 0.15) is 27.0 Å². The van der Waals surface area contributed by atoms with Crippen molar-refractivity contribution in [1.29, 1.82) is 0 Å². The molecule has 30 heavy (non-hydrogen) atoms. The average Bonchev–Trinajstić information content (AvgIpc) is 3.08. The summed E-state index contributed by atoms with van der Waals surface area (Å²) in [5.74, 6) is 0.0905. The molecular formula is C25H20O5. The highest BCUT2D eigenvalue weighted by molar-refractivity contribution is 6.21. The summed E-state index contributed by atoms with van der Waals surface area (Å²) in [6.07, 6.45) is 1.36. The third-order valence-electron chi connectivity index (χ3n) is 5.04. The SMILES string of the molecule is CO/C=C(/C(=O)OC)c1ccccc1COc1ccc2c(c1)C(=O)c1ccccc1-2. The maximum Gasteiger partial charge on any atom is 0.341 e. The molecule has 3 aromatic rings. The van der Waals surface area contributed by atoms with Crippen LogP contribution in [0.4, 0.5) is 0 Å². The molecule has 0 atom stereocenters. The number of methoxy groups -OCH3 is 2. The molecule has 0 radical (unpaired) electrons. The Labute approximate surface area is 174 Å². The molecule has 0 fully saturated rings. The number of esters is 1. The van der Waals surface area contributed by atoms with Crippen molar-refractivity contribution in [2.75, 3.05) is 14.2 Å². The second-order valence-corrected chi connectivity index (χ2v) is 6.79. The van der Waals surface area contributed by atoms with Crippen molar-refractivity contribution in [2.24, 2.45) is 0 Å². The van der Waals surface area contributed by atoms with E-state index in [-0.39, 0.29) is 12.4 Å². The quantitative estimate of drug-likeness (QED) is 0.268. The van der Waals surface area contributed by atoms with Crippen LogP contribution >= 0.6 is 0 Å². The molecule has 0 aromatic heterocycles. The number of carbonyl (C=O) groups is 2. The number of benzene rings is 3. The lowest BCUT2D eigenvalue weighted by Crippen LogP contribution is -2.08. The molecule has 0 N–H and O–H groups in total. The predicted octanol–water partition coefficient (Wildman–Crippen LogP) is 4.64. The Morgan fingerprint density at radius 3 is 2.33 bits per heavy atom. The van der Waals surface area contributed by atoms with E-state index in [2.05, 4.69) is 0 Å². The summed E-state index contributed by atoms with van der Waals surface area (Å²) in [6, 6.07) is 20.5. The van der Waals surface area contributed by atoms with E-state index in [0.29, 0.717) is 28.0 Å². The molecule has 0 spiro atoms. The lowest BCUT2D eigenvalue weighted by atomic mass is 10.0. The van der Waals surface area contributed by atoms with E-state index in [1.807, 2.05) is 60.7 Å². The van der Waals surface area contributed by atoms with Gasteiger partial charge in [0.15, 0.2) is 5.78 Å². The van der Waals surface area contributed by atoms with E-state index in [9.17, 15) is 9.59 Å². The number of ketones is 1. The van der Waals surface area contributed by atoms with Crippen molar-refractivity contribution in [3.63, 3.8) is 0 Å².